The molecular formula is C12H16Cl2FNO2. The first-order chi connectivity index (χ1) is 8.63. The fourth-order valence-electron chi connectivity index (χ4n) is 1.28. The molecule has 0 saturated heterocycles. The Hall–Kier alpha value is -0.550. The van der Waals surface area contributed by atoms with Crippen molar-refractivity contribution >= 4 is 23.2 Å². The highest BCUT2D eigenvalue weighted by atomic mass is 35.5. The molecule has 0 amide bonds. The summed E-state index contributed by atoms with van der Waals surface area (Å²) in [6, 6.07) is 4.90. The lowest BCUT2D eigenvalue weighted by Crippen LogP contribution is -2.32. The fraction of sp³-hybridized carbons (Fsp3) is 0.500. The van der Waals surface area contributed by atoms with Gasteiger partial charge >= 0.3 is 0 Å². The molecule has 102 valence electrons. The van der Waals surface area contributed by atoms with E-state index >= 15 is 0 Å². The summed E-state index contributed by atoms with van der Waals surface area (Å²) in [5.41, 5.74) is 0. The molecule has 0 saturated carbocycles. The van der Waals surface area contributed by atoms with E-state index < -0.39 is 6.10 Å². The summed E-state index contributed by atoms with van der Waals surface area (Å²) in [4.78, 5) is 0. The summed E-state index contributed by atoms with van der Waals surface area (Å²) in [5, 5.41) is 13.4. The quantitative estimate of drug-likeness (QED) is 0.725. The van der Waals surface area contributed by atoms with Gasteiger partial charge in [-0.25, -0.2) is 0 Å². The molecular weight excluding hydrogens is 280 g/mol. The van der Waals surface area contributed by atoms with Crippen molar-refractivity contribution in [2.75, 3.05) is 26.4 Å². The minimum atomic E-state index is -0.654. The van der Waals surface area contributed by atoms with Crippen LogP contribution in [0.15, 0.2) is 18.2 Å². The zero-order valence-electron chi connectivity index (χ0n) is 9.83. The van der Waals surface area contributed by atoms with Gasteiger partial charge < -0.3 is 15.2 Å². The van der Waals surface area contributed by atoms with E-state index in [4.69, 9.17) is 27.9 Å². The number of hydrogen-bond donors (Lipinski definition) is 2. The minimum absolute atomic E-state index is 0.139. The molecule has 6 heteroatoms. The van der Waals surface area contributed by atoms with Crippen molar-refractivity contribution < 1.29 is 14.2 Å². The fourth-order valence-corrected chi connectivity index (χ4v) is 1.57. The third-order valence-electron chi connectivity index (χ3n) is 2.20. The predicted octanol–water partition coefficient (Wildman–Crippen LogP) is 2.68. The lowest BCUT2D eigenvalue weighted by atomic mass is 10.3. The van der Waals surface area contributed by atoms with Crippen LogP contribution in [-0.2, 0) is 0 Å². The third kappa shape index (κ3) is 5.87. The molecule has 0 fully saturated rings. The van der Waals surface area contributed by atoms with Crippen LogP contribution in [-0.4, -0.2) is 37.6 Å². The Morgan fingerprint density at radius 3 is 2.78 bits per heavy atom. The molecule has 0 radical (unpaired) electrons. The van der Waals surface area contributed by atoms with Crippen molar-refractivity contribution in [1.29, 1.82) is 0 Å². The lowest BCUT2D eigenvalue weighted by Gasteiger charge is -2.13. The van der Waals surface area contributed by atoms with Crippen LogP contribution >= 0.6 is 23.2 Å². The van der Waals surface area contributed by atoms with Gasteiger partial charge in [-0.2, -0.15) is 0 Å². The van der Waals surface area contributed by atoms with Gasteiger partial charge in [0.25, 0.3) is 0 Å². The van der Waals surface area contributed by atoms with Crippen LogP contribution in [0.4, 0.5) is 4.39 Å². The van der Waals surface area contributed by atoms with E-state index in [1.54, 1.807) is 18.2 Å². The van der Waals surface area contributed by atoms with Crippen LogP contribution in [0.2, 0.25) is 10.0 Å². The second-order valence-electron chi connectivity index (χ2n) is 3.79. The third-order valence-corrected chi connectivity index (χ3v) is 2.94. The number of aliphatic hydroxyl groups excluding tert-OH is 1. The van der Waals surface area contributed by atoms with Crippen molar-refractivity contribution in [2.45, 2.75) is 12.5 Å². The largest absolute Gasteiger partial charge is 0.491 e. The highest BCUT2D eigenvalue weighted by molar-refractivity contribution is 6.42. The SMILES string of the molecule is OC(CNCCCF)COc1ccc(Cl)c(Cl)c1. The second-order valence-corrected chi connectivity index (χ2v) is 4.60. The first-order valence-corrected chi connectivity index (χ1v) is 6.41. The molecule has 1 atom stereocenters. The summed E-state index contributed by atoms with van der Waals surface area (Å²) in [6.45, 7) is 0.686. The van der Waals surface area contributed by atoms with Crippen molar-refractivity contribution in [3.05, 3.63) is 28.2 Å². The van der Waals surface area contributed by atoms with Crippen molar-refractivity contribution in [2.24, 2.45) is 0 Å². The Balaban J connectivity index is 2.24. The van der Waals surface area contributed by atoms with Crippen molar-refractivity contribution in [3.8, 4) is 5.75 Å². The topological polar surface area (TPSA) is 41.5 Å². The van der Waals surface area contributed by atoms with Crippen LogP contribution in [0, 0.1) is 0 Å². The van der Waals surface area contributed by atoms with Gasteiger partial charge in [0.1, 0.15) is 18.5 Å². The van der Waals surface area contributed by atoms with E-state index in [0.29, 0.717) is 35.3 Å². The first kappa shape index (κ1) is 15.5. The molecule has 0 aliphatic carbocycles. The number of rotatable bonds is 8. The molecule has 1 aromatic rings. The molecule has 0 aliphatic rings. The summed E-state index contributed by atoms with van der Waals surface area (Å²) in [7, 11) is 0. The molecule has 0 heterocycles. The van der Waals surface area contributed by atoms with Gasteiger partial charge in [-0.3, -0.25) is 4.39 Å². The molecule has 0 bridgehead atoms. The molecule has 2 N–H and O–H groups in total. The molecule has 1 unspecified atom stereocenters. The van der Waals surface area contributed by atoms with Gasteiger partial charge in [0.05, 0.1) is 16.7 Å². The zero-order valence-corrected chi connectivity index (χ0v) is 11.3. The van der Waals surface area contributed by atoms with Gasteiger partial charge in [-0.15, -0.1) is 0 Å². The van der Waals surface area contributed by atoms with Crippen molar-refractivity contribution in [3.63, 3.8) is 0 Å². The molecule has 1 rings (SSSR count). The Labute approximate surface area is 116 Å². The smallest absolute Gasteiger partial charge is 0.121 e. The number of aliphatic hydroxyl groups is 1. The van der Waals surface area contributed by atoms with E-state index in [2.05, 4.69) is 5.32 Å². The van der Waals surface area contributed by atoms with E-state index in [9.17, 15) is 9.50 Å². The van der Waals surface area contributed by atoms with E-state index in [1.165, 1.54) is 0 Å². The van der Waals surface area contributed by atoms with E-state index in [-0.39, 0.29) is 13.3 Å². The summed E-state index contributed by atoms with van der Waals surface area (Å²) < 4.78 is 17.2. The first-order valence-electron chi connectivity index (χ1n) is 5.66. The summed E-state index contributed by atoms with van der Waals surface area (Å²) >= 11 is 11.6. The van der Waals surface area contributed by atoms with Crippen LogP contribution in [0.1, 0.15) is 6.42 Å². The summed E-state index contributed by atoms with van der Waals surface area (Å²) in [5.74, 6) is 0.548. The van der Waals surface area contributed by atoms with Crippen LogP contribution in [0.5, 0.6) is 5.75 Å². The average Bonchev–Trinajstić information content (AvgIpc) is 2.36. The van der Waals surface area contributed by atoms with Crippen LogP contribution in [0.25, 0.3) is 0 Å². The van der Waals surface area contributed by atoms with Crippen molar-refractivity contribution in [1.82, 2.24) is 5.32 Å². The molecule has 1 aromatic carbocycles. The molecule has 18 heavy (non-hydrogen) atoms. The maximum Gasteiger partial charge on any atom is 0.121 e. The zero-order chi connectivity index (χ0) is 13.4. The Morgan fingerprint density at radius 1 is 1.33 bits per heavy atom. The Morgan fingerprint density at radius 2 is 2.11 bits per heavy atom. The number of nitrogens with one attached hydrogen (secondary N) is 1. The maximum absolute atomic E-state index is 11.8. The number of alkyl halides is 1. The highest BCUT2D eigenvalue weighted by Crippen LogP contribution is 2.26. The van der Waals surface area contributed by atoms with E-state index in [0.717, 1.165) is 0 Å². The minimum Gasteiger partial charge on any atom is -0.491 e. The van der Waals surface area contributed by atoms with E-state index in [1.807, 2.05) is 0 Å². The maximum atomic E-state index is 11.8. The van der Waals surface area contributed by atoms with Gasteiger partial charge in [0.2, 0.25) is 0 Å². The number of ether oxygens (including phenoxy) is 1. The monoisotopic (exact) mass is 295 g/mol. The Bertz CT molecular complexity index is 366. The molecule has 0 spiro atoms. The van der Waals surface area contributed by atoms with Crippen LogP contribution < -0.4 is 10.1 Å². The van der Waals surface area contributed by atoms with Crippen LogP contribution in [0.3, 0.4) is 0 Å². The highest BCUT2D eigenvalue weighted by Gasteiger charge is 2.06. The summed E-state index contributed by atoms with van der Waals surface area (Å²) in [6.07, 6.45) is -0.209. The molecule has 0 aromatic heterocycles. The standard InChI is InChI=1S/C12H16Cl2FNO2/c13-11-3-2-10(6-12(11)14)18-8-9(17)7-16-5-1-4-15/h2-3,6,9,16-17H,1,4-5,7-8H2. The molecule has 3 nitrogen and oxygen atoms in total. The van der Waals surface area contributed by atoms with Gasteiger partial charge in [0, 0.05) is 12.6 Å². The van der Waals surface area contributed by atoms with Gasteiger partial charge in [-0.05, 0) is 25.1 Å². The normalized spacial score (nSPS) is 12.4. The molecule has 0 aliphatic heterocycles. The average molecular weight is 296 g/mol. The number of benzene rings is 1. The lowest BCUT2D eigenvalue weighted by molar-refractivity contribution is 0.106. The second kappa shape index (κ2) is 8.53. The Kier molecular flexibility index (Phi) is 7.35. The van der Waals surface area contributed by atoms with Gasteiger partial charge in [-0.1, -0.05) is 23.2 Å². The number of hydrogen-bond acceptors (Lipinski definition) is 3. The van der Waals surface area contributed by atoms with Gasteiger partial charge in [0.15, 0.2) is 0 Å². The number of halogens is 3. The predicted molar refractivity (Wildman–Crippen MR) is 71.4 cm³/mol.